The topological polar surface area (TPSA) is 9.23 Å². The summed E-state index contributed by atoms with van der Waals surface area (Å²) in [4.78, 5) is 0. The molecular weight excluding hydrogens is 356 g/mol. The zero-order valence-electron chi connectivity index (χ0n) is 18.0. The molecule has 3 atom stereocenters. The number of hydrogen-bond donors (Lipinski definition) is 0. The number of benzene rings is 2. The quantitative estimate of drug-likeness (QED) is 0.491. The first-order valence-electron chi connectivity index (χ1n) is 10.6. The van der Waals surface area contributed by atoms with Crippen LogP contribution in [0.5, 0.6) is 0 Å². The lowest BCUT2D eigenvalue weighted by molar-refractivity contribution is 0.184. The summed E-state index contributed by atoms with van der Waals surface area (Å²) in [6.45, 7) is 16.4. The Morgan fingerprint density at radius 3 is 1.86 bits per heavy atom. The molecular formula is C26H34OSi. The summed E-state index contributed by atoms with van der Waals surface area (Å²) in [7, 11) is -2.50. The molecule has 0 aliphatic heterocycles. The van der Waals surface area contributed by atoms with E-state index < -0.39 is 8.32 Å². The molecule has 2 aliphatic carbocycles. The van der Waals surface area contributed by atoms with Gasteiger partial charge in [-0.3, -0.25) is 0 Å². The summed E-state index contributed by atoms with van der Waals surface area (Å²) in [6.07, 6.45) is 2.41. The molecule has 0 spiro atoms. The number of rotatable bonds is 4. The minimum atomic E-state index is -2.50. The molecule has 0 saturated heterocycles. The number of hydrogen-bond acceptors (Lipinski definition) is 1. The molecule has 0 aromatic heterocycles. The normalized spacial score (nSPS) is 26.6. The molecule has 28 heavy (non-hydrogen) atoms. The molecule has 2 aromatic carbocycles. The summed E-state index contributed by atoms with van der Waals surface area (Å²) in [6, 6.07) is 21.9. The second-order valence-electron chi connectivity index (χ2n) is 10.4. The fourth-order valence-corrected chi connectivity index (χ4v) is 10.3. The molecule has 2 aromatic rings. The van der Waals surface area contributed by atoms with E-state index in [0.29, 0.717) is 5.41 Å². The Labute approximate surface area is 172 Å². The predicted molar refractivity (Wildman–Crippen MR) is 122 cm³/mol. The van der Waals surface area contributed by atoms with Gasteiger partial charge in [-0.1, -0.05) is 102 Å². The zero-order chi connectivity index (χ0) is 20.2. The third kappa shape index (κ3) is 3.02. The second-order valence-corrected chi connectivity index (χ2v) is 14.7. The second kappa shape index (κ2) is 6.71. The minimum Gasteiger partial charge on any atom is -0.401 e. The standard InChI is InChI=1S/C26H34OSi/c1-19-17-22-23(26(22,5)6)18-24(19)27-28(25(2,3)4,20-13-9-7-10-14-20)21-15-11-8-12-16-21/h7-16,22-24H,1,17-18H2,2-6H3/t22-,23-,24+/m0/s1. The van der Waals surface area contributed by atoms with E-state index in [9.17, 15) is 0 Å². The molecule has 2 heteroatoms. The van der Waals surface area contributed by atoms with Crippen LogP contribution in [0.25, 0.3) is 0 Å². The van der Waals surface area contributed by atoms with Gasteiger partial charge in [-0.05, 0) is 51.1 Å². The van der Waals surface area contributed by atoms with Gasteiger partial charge in [0.05, 0.1) is 6.10 Å². The van der Waals surface area contributed by atoms with Crippen LogP contribution in [0.4, 0.5) is 0 Å². The van der Waals surface area contributed by atoms with E-state index in [1.54, 1.807) is 0 Å². The molecule has 0 bridgehead atoms. The minimum absolute atomic E-state index is 0.0197. The Bertz CT molecular complexity index is 808. The molecule has 0 unspecified atom stereocenters. The highest BCUT2D eigenvalue weighted by molar-refractivity contribution is 6.99. The lowest BCUT2D eigenvalue weighted by Gasteiger charge is -2.46. The monoisotopic (exact) mass is 390 g/mol. The van der Waals surface area contributed by atoms with Crippen LogP contribution in [0.15, 0.2) is 72.8 Å². The molecule has 0 amide bonds. The highest BCUT2D eigenvalue weighted by Crippen LogP contribution is 2.66. The van der Waals surface area contributed by atoms with Crippen molar-refractivity contribution in [3.63, 3.8) is 0 Å². The lowest BCUT2D eigenvalue weighted by atomic mass is 9.94. The van der Waals surface area contributed by atoms with Crippen molar-refractivity contribution in [1.29, 1.82) is 0 Å². The first-order chi connectivity index (χ1) is 13.2. The van der Waals surface area contributed by atoms with Gasteiger partial charge < -0.3 is 4.43 Å². The Balaban J connectivity index is 1.81. The smallest absolute Gasteiger partial charge is 0.261 e. The number of fused-ring (bicyclic) bond motifs is 1. The third-order valence-electron chi connectivity index (χ3n) is 7.43. The van der Waals surface area contributed by atoms with Gasteiger partial charge in [0.2, 0.25) is 0 Å². The average Bonchev–Trinajstić information content (AvgIpc) is 3.19. The Hall–Kier alpha value is -1.64. The molecule has 4 rings (SSSR count). The summed E-state index contributed by atoms with van der Waals surface area (Å²) in [5.41, 5.74) is 1.76. The maximum Gasteiger partial charge on any atom is 0.261 e. The fourth-order valence-electron chi connectivity index (χ4n) is 5.58. The Kier molecular flexibility index (Phi) is 4.71. The first-order valence-corrected chi connectivity index (χ1v) is 12.6. The molecule has 148 valence electrons. The van der Waals surface area contributed by atoms with E-state index in [4.69, 9.17) is 4.43 Å². The summed E-state index contributed by atoms with van der Waals surface area (Å²) >= 11 is 0. The molecule has 0 heterocycles. The van der Waals surface area contributed by atoms with Crippen LogP contribution >= 0.6 is 0 Å². The van der Waals surface area contributed by atoms with Gasteiger partial charge in [-0.2, -0.15) is 0 Å². The van der Waals surface area contributed by atoms with Gasteiger partial charge in [-0.25, -0.2) is 0 Å². The van der Waals surface area contributed by atoms with Crippen molar-refractivity contribution in [3.05, 3.63) is 72.8 Å². The van der Waals surface area contributed by atoms with Crippen molar-refractivity contribution in [3.8, 4) is 0 Å². The molecule has 1 nitrogen and oxygen atoms in total. The van der Waals surface area contributed by atoms with Crippen LogP contribution in [0.3, 0.4) is 0 Å². The molecule has 2 fully saturated rings. The largest absolute Gasteiger partial charge is 0.401 e. The van der Waals surface area contributed by atoms with Gasteiger partial charge in [0.1, 0.15) is 0 Å². The Morgan fingerprint density at radius 2 is 1.39 bits per heavy atom. The van der Waals surface area contributed by atoms with E-state index in [2.05, 4.69) is 102 Å². The van der Waals surface area contributed by atoms with Crippen molar-refractivity contribution in [1.82, 2.24) is 0 Å². The van der Waals surface area contributed by atoms with Gasteiger partial charge >= 0.3 is 0 Å². The zero-order valence-corrected chi connectivity index (χ0v) is 19.0. The highest BCUT2D eigenvalue weighted by Gasteiger charge is 2.61. The van der Waals surface area contributed by atoms with Crippen LogP contribution in [-0.2, 0) is 4.43 Å². The fraction of sp³-hybridized carbons (Fsp3) is 0.462. The third-order valence-corrected chi connectivity index (χ3v) is 12.5. The predicted octanol–water partition coefficient (Wildman–Crippen LogP) is 5.55. The van der Waals surface area contributed by atoms with E-state index in [1.807, 2.05) is 0 Å². The van der Waals surface area contributed by atoms with Gasteiger partial charge in [-0.15, -0.1) is 0 Å². The van der Waals surface area contributed by atoms with E-state index in [1.165, 1.54) is 15.9 Å². The van der Waals surface area contributed by atoms with Crippen LogP contribution < -0.4 is 10.4 Å². The molecule has 2 aliphatic rings. The summed E-state index contributed by atoms with van der Waals surface area (Å²) in [5.74, 6) is 1.58. The van der Waals surface area contributed by atoms with E-state index in [-0.39, 0.29) is 11.1 Å². The van der Waals surface area contributed by atoms with Crippen LogP contribution in [-0.4, -0.2) is 14.4 Å². The van der Waals surface area contributed by atoms with Crippen molar-refractivity contribution < 1.29 is 4.43 Å². The molecule has 0 radical (unpaired) electrons. The average molecular weight is 391 g/mol. The van der Waals surface area contributed by atoms with Crippen LogP contribution in [0, 0.1) is 17.3 Å². The maximum absolute atomic E-state index is 7.36. The molecule has 2 saturated carbocycles. The maximum atomic E-state index is 7.36. The first kappa shape index (κ1) is 19.7. The summed E-state index contributed by atoms with van der Waals surface area (Å²) in [5, 5.41) is 2.74. The SMILES string of the molecule is C=C1C[C@H]2[C@H](C[C@H]1O[Si](c1ccccc1)(c1ccccc1)C(C)(C)C)C2(C)C. The van der Waals surface area contributed by atoms with Gasteiger partial charge in [0, 0.05) is 0 Å². The van der Waals surface area contributed by atoms with Gasteiger partial charge in [0.15, 0.2) is 0 Å². The van der Waals surface area contributed by atoms with E-state index >= 15 is 0 Å². The van der Waals surface area contributed by atoms with Crippen molar-refractivity contribution in [2.24, 2.45) is 17.3 Å². The van der Waals surface area contributed by atoms with Crippen LogP contribution in [0.2, 0.25) is 5.04 Å². The van der Waals surface area contributed by atoms with Crippen molar-refractivity contribution in [2.45, 2.75) is 58.6 Å². The van der Waals surface area contributed by atoms with Crippen molar-refractivity contribution >= 4 is 18.7 Å². The van der Waals surface area contributed by atoms with E-state index in [0.717, 1.165) is 24.7 Å². The summed E-state index contributed by atoms with van der Waals surface area (Å²) < 4.78 is 7.36. The lowest BCUT2D eigenvalue weighted by Crippen LogP contribution is -2.68. The van der Waals surface area contributed by atoms with Gasteiger partial charge in [0.25, 0.3) is 8.32 Å². The van der Waals surface area contributed by atoms with Crippen LogP contribution in [0.1, 0.15) is 47.5 Å². The van der Waals surface area contributed by atoms with Crippen molar-refractivity contribution in [2.75, 3.05) is 0 Å². The highest BCUT2D eigenvalue weighted by atomic mass is 28.4. The Morgan fingerprint density at radius 1 is 0.893 bits per heavy atom. The molecule has 0 N–H and O–H groups in total.